The fourth-order valence-electron chi connectivity index (χ4n) is 2.57. The molecule has 25 heavy (non-hydrogen) atoms. The Hall–Kier alpha value is -2.33. The van der Waals surface area contributed by atoms with Crippen LogP contribution in [0.15, 0.2) is 54.6 Å². The SMILES string of the molecule is CCc1ccc(OCC(=O)NCCCN(C)Cc2ccccc2)cc1. The number of nitrogens with zero attached hydrogens (tertiary/aromatic N) is 1. The zero-order chi connectivity index (χ0) is 17.9. The molecule has 0 bridgehead atoms. The Morgan fingerprint density at radius 1 is 1.04 bits per heavy atom. The van der Waals surface area contributed by atoms with E-state index in [0.29, 0.717) is 6.54 Å². The second kappa shape index (κ2) is 10.5. The molecule has 0 aliphatic carbocycles. The van der Waals surface area contributed by atoms with Crippen molar-refractivity contribution in [2.24, 2.45) is 0 Å². The number of aryl methyl sites for hydroxylation is 1. The maximum atomic E-state index is 11.8. The molecule has 2 aromatic carbocycles. The largest absolute Gasteiger partial charge is 0.484 e. The van der Waals surface area contributed by atoms with E-state index in [2.05, 4.69) is 48.5 Å². The van der Waals surface area contributed by atoms with Crippen LogP contribution in [-0.4, -0.2) is 37.6 Å². The minimum absolute atomic E-state index is 0.0608. The van der Waals surface area contributed by atoms with E-state index in [1.807, 2.05) is 30.3 Å². The van der Waals surface area contributed by atoms with Crippen molar-refractivity contribution < 1.29 is 9.53 Å². The van der Waals surface area contributed by atoms with Gasteiger partial charge < -0.3 is 15.0 Å². The Labute approximate surface area is 150 Å². The lowest BCUT2D eigenvalue weighted by atomic mass is 10.2. The van der Waals surface area contributed by atoms with Gasteiger partial charge >= 0.3 is 0 Å². The zero-order valence-corrected chi connectivity index (χ0v) is 15.2. The molecule has 1 N–H and O–H groups in total. The highest BCUT2D eigenvalue weighted by Gasteiger charge is 2.04. The summed E-state index contributed by atoms with van der Waals surface area (Å²) in [5, 5.41) is 2.90. The van der Waals surface area contributed by atoms with Crippen molar-refractivity contribution in [3.63, 3.8) is 0 Å². The van der Waals surface area contributed by atoms with Crippen molar-refractivity contribution in [1.82, 2.24) is 10.2 Å². The van der Waals surface area contributed by atoms with Gasteiger partial charge in [-0.2, -0.15) is 0 Å². The average Bonchev–Trinajstić information content (AvgIpc) is 2.65. The van der Waals surface area contributed by atoms with Crippen LogP contribution in [-0.2, 0) is 17.8 Å². The third-order valence-corrected chi connectivity index (χ3v) is 4.04. The van der Waals surface area contributed by atoms with E-state index >= 15 is 0 Å². The van der Waals surface area contributed by atoms with Crippen molar-refractivity contribution in [3.8, 4) is 5.75 Å². The molecule has 4 nitrogen and oxygen atoms in total. The zero-order valence-electron chi connectivity index (χ0n) is 15.2. The monoisotopic (exact) mass is 340 g/mol. The molecule has 0 aliphatic heterocycles. The molecule has 134 valence electrons. The van der Waals surface area contributed by atoms with Crippen LogP contribution in [0.5, 0.6) is 5.75 Å². The second-order valence-electron chi connectivity index (χ2n) is 6.21. The van der Waals surface area contributed by atoms with Crippen molar-refractivity contribution in [2.45, 2.75) is 26.3 Å². The van der Waals surface area contributed by atoms with Crippen LogP contribution in [0, 0.1) is 0 Å². The molecule has 0 aliphatic rings. The lowest BCUT2D eigenvalue weighted by Crippen LogP contribution is -2.31. The molecule has 0 heterocycles. The van der Waals surface area contributed by atoms with E-state index in [1.54, 1.807) is 0 Å². The van der Waals surface area contributed by atoms with Crippen LogP contribution in [0.25, 0.3) is 0 Å². The lowest BCUT2D eigenvalue weighted by molar-refractivity contribution is -0.123. The minimum atomic E-state index is -0.0784. The third kappa shape index (κ3) is 7.40. The van der Waals surface area contributed by atoms with Crippen LogP contribution in [0.4, 0.5) is 0 Å². The molecule has 0 saturated carbocycles. The van der Waals surface area contributed by atoms with Crippen molar-refractivity contribution in [3.05, 3.63) is 65.7 Å². The van der Waals surface area contributed by atoms with Gasteiger partial charge in [0.1, 0.15) is 5.75 Å². The van der Waals surface area contributed by atoms with Gasteiger partial charge in [0, 0.05) is 13.1 Å². The number of benzene rings is 2. The molecule has 0 atom stereocenters. The van der Waals surface area contributed by atoms with Crippen LogP contribution in [0.2, 0.25) is 0 Å². The van der Waals surface area contributed by atoms with Crippen LogP contribution >= 0.6 is 0 Å². The van der Waals surface area contributed by atoms with Crippen LogP contribution < -0.4 is 10.1 Å². The molecule has 1 amide bonds. The fraction of sp³-hybridized carbons (Fsp3) is 0.381. The quantitative estimate of drug-likeness (QED) is 0.675. The molecule has 0 radical (unpaired) electrons. The normalized spacial score (nSPS) is 10.7. The number of amides is 1. The van der Waals surface area contributed by atoms with E-state index in [9.17, 15) is 4.79 Å². The van der Waals surface area contributed by atoms with Crippen molar-refractivity contribution >= 4 is 5.91 Å². The van der Waals surface area contributed by atoms with Crippen LogP contribution in [0.1, 0.15) is 24.5 Å². The number of rotatable bonds is 10. The molecule has 0 spiro atoms. The van der Waals surface area contributed by atoms with Gasteiger partial charge in [0.2, 0.25) is 0 Å². The summed E-state index contributed by atoms with van der Waals surface area (Å²) in [6, 6.07) is 18.3. The van der Waals surface area contributed by atoms with Crippen molar-refractivity contribution in [2.75, 3.05) is 26.7 Å². The number of hydrogen-bond acceptors (Lipinski definition) is 3. The highest BCUT2D eigenvalue weighted by Crippen LogP contribution is 2.12. The fourth-order valence-corrected chi connectivity index (χ4v) is 2.57. The number of hydrogen-bond donors (Lipinski definition) is 1. The average molecular weight is 340 g/mol. The highest BCUT2D eigenvalue weighted by atomic mass is 16.5. The summed E-state index contributed by atoms with van der Waals surface area (Å²) < 4.78 is 5.50. The summed E-state index contributed by atoms with van der Waals surface area (Å²) in [7, 11) is 2.10. The first-order chi connectivity index (χ1) is 12.2. The standard InChI is InChI=1S/C21H28N2O2/c1-3-18-10-12-20(13-11-18)25-17-21(24)22-14-7-15-23(2)16-19-8-5-4-6-9-19/h4-6,8-13H,3,7,14-17H2,1-2H3,(H,22,24). The van der Waals surface area contributed by atoms with E-state index in [0.717, 1.165) is 31.7 Å². The lowest BCUT2D eigenvalue weighted by Gasteiger charge is -2.16. The second-order valence-corrected chi connectivity index (χ2v) is 6.21. The molecule has 0 aromatic heterocycles. The van der Waals surface area contributed by atoms with Gasteiger partial charge in [-0.25, -0.2) is 0 Å². The minimum Gasteiger partial charge on any atom is -0.484 e. The predicted molar refractivity (Wildman–Crippen MR) is 102 cm³/mol. The third-order valence-electron chi connectivity index (χ3n) is 4.04. The van der Waals surface area contributed by atoms with Gasteiger partial charge in [-0.3, -0.25) is 4.79 Å². The summed E-state index contributed by atoms with van der Waals surface area (Å²) in [4.78, 5) is 14.1. The Morgan fingerprint density at radius 3 is 2.44 bits per heavy atom. The number of carbonyl (C=O) groups excluding carboxylic acids is 1. The number of nitrogens with one attached hydrogen (secondary N) is 1. The summed E-state index contributed by atoms with van der Waals surface area (Å²) in [5.74, 6) is 0.653. The highest BCUT2D eigenvalue weighted by molar-refractivity contribution is 5.77. The molecular weight excluding hydrogens is 312 g/mol. The van der Waals surface area contributed by atoms with Crippen molar-refractivity contribution in [1.29, 1.82) is 0 Å². The molecule has 2 rings (SSSR count). The van der Waals surface area contributed by atoms with Gasteiger partial charge in [0.25, 0.3) is 5.91 Å². The maximum absolute atomic E-state index is 11.8. The smallest absolute Gasteiger partial charge is 0.257 e. The Morgan fingerprint density at radius 2 is 1.76 bits per heavy atom. The first-order valence-electron chi connectivity index (χ1n) is 8.88. The maximum Gasteiger partial charge on any atom is 0.257 e. The first kappa shape index (κ1) is 19.0. The first-order valence-corrected chi connectivity index (χ1v) is 8.88. The van der Waals surface area contributed by atoms with Gasteiger partial charge in [-0.1, -0.05) is 49.4 Å². The van der Waals surface area contributed by atoms with E-state index in [4.69, 9.17) is 4.74 Å². The molecular formula is C21H28N2O2. The summed E-state index contributed by atoms with van der Waals surface area (Å²) >= 11 is 0. The van der Waals surface area contributed by atoms with Gasteiger partial charge in [0.05, 0.1) is 0 Å². The van der Waals surface area contributed by atoms with Gasteiger partial charge in [0.15, 0.2) is 6.61 Å². The van der Waals surface area contributed by atoms with E-state index in [-0.39, 0.29) is 12.5 Å². The summed E-state index contributed by atoms with van der Waals surface area (Å²) in [6.45, 7) is 4.70. The van der Waals surface area contributed by atoms with Crippen LogP contribution in [0.3, 0.4) is 0 Å². The topological polar surface area (TPSA) is 41.6 Å². The summed E-state index contributed by atoms with van der Waals surface area (Å²) in [6.07, 6.45) is 1.92. The van der Waals surface area contributed by atoms with E-state index in [1.165, 1.54) is 11.1 Å². The van der Waals surface area contributed by atoms with Gasteiger partial charge in [-0.05, 0) is 49.7 Å². The molecule has 4 heteroatoms. The Kier molecular flexibility index (Phi) is 7.99. The van der Waals surface area contributed by atoms with Gasteiger partial charge in [-0.15, -0.1) is 0 Å². The number of carbonyl (C=O) groups is 1. The Balaban J connectivity index is 1.57. The molecule has 2 aromatic rings. The molecule has 0 fully saturated rings. The molecule has 0 unspecified atom stereocenters. The Bertz CT molecular complexity index is 626. The number of ether oxygens (including phenoxy) is 1. The summed E-state index contributed by atoms with van der Waals surface area (Å²) in [5.41, 5.74) is 2.56. The molecule has 0 saturated heterocycles. The van der Waals surface area contributed by atoms with E-state index < -0.39 is 0 Å². The predicted octanol–water partition coefficient (Wildman–Crippen LogP) is 3.27.